The van der Waals surface area contributed by atoms with Crippen LogP contribution in [0.5, 0.6) is 23.0 Å². The largest absolute Gasteiger partial charge is 0.507 e. The third kappa shape index (κ3) is 11.7. The molecule has 0 saturated carbocycles. The summed E-state index contributed by atoms with van der Waals surface area (Å²) in [4.78, 5) is 43.4. The SMILES string of the molecule is C.COc1ccc(/C=N/NC(=O)CCC(=O)NCC(N)=O)c(O)c1.COc1ccc(C=O)c(O)c1. The molecule has 0 aromatic heterocycles. The third-order valence-corrected chi connectivity index (χ3v) is 4.03. The molecule has 0 aliphatic carbocycles. The van der Waals surface area contributed by atoms with E-state index in [0.717, 1.165) is 0 Å². The fourth-order valence-corrected chi connectivity index (χ4v) is 2.24. The van der Waals surface area contributed by atoms with Crippen LogP contribution in [0.2, 0.25) is 0 Å². The van der Waals surface area contributed by atoms with Crippen LogP contribution in [0.15, 0.2) is 41.5 Å². The topological polar surface area (TPSA) is 190 Å². The number of carbonyl (C=O) groups is 4. The molecule has 12 nitrogen and oxygen atoms in total. The lowest BCUT2D eigenvalue weighted by Gasteiger charge is -2.03. The second-order valence-electron chi connectivity index (χ2n) is 6.50. The van der Waals surface area contributed by atoms with Crippen LogP contribution in [0.3, 0.4) is 0 Å². The molecule has 2 aromatic carbocycles. The first kappa shape index (κ1) is 30.4. The molecule has 0 atom stereocenters. The van der Waals surface area contributed by atoms with Gasteiger partial charge >= 0.3 is 0 Å². The van der Waals surface area contributed by atoms with E-state index in [1.807, 2.05) is 0 Å². The van der Waals surface area contributed by atoms with Crippen molar-refractivity contribution in [1.82, 2.24) is 10.7 Å². The van der Waals surface area contributed by atoms with Crippen molar-refractivity contribution in [2.24, 2.45) is 10.8 Å². The summed E-state index contributed by atoms with van der Waals surface area (Å²) in [7, 11) is 2.97. The Kier molecular flexibility index (Phi) is 14.0. The third-order valence-electron chi connectivity index (χ3n) is 4.03. The van der Waals surface area contributed by atoms with E-state index in [1.54, 1.807) is 18.2 Å². The van der Waals surface area contributed by atoms with Gasteiger partial charge in [-0.1, -0.05) is 7.43 Å². The summed E-state index contributed by atoms with van der Waals surface area (Å²) in [5, 5.41) is 24.7. The molecule has 0 bridgehead atoms. The van der Waals surface area contributed by atoms with Crippen molar-refractivity contribution in [3.05, 3.63) is 47.5 Å². The number of phenols is 2. The first-order valence-corrected chi connectivity index (χ1v) is 9.76. The van der Waals surface area contributed by atoms with Crippen LogP contribution in [-0.4, -0.2) is 61.2 Å². The number of nitrogens with one attached hydrogen (secondary N) is 2. The van der Waals surface area contributed by atoms with Crippen LogP contribution in [0.4, 0.5) is 0 Å². The van der Waals surface area contributed by atoms with Crippen LogP contribution >= 0.6 is 0 Å². The van der Waals surface area contributed by atoms with Gasteiger partial charge in [-0.2, -0.15) is 5.10 Å². The molecule has 2 aromatic rings. The summed E-state index contributed by atoms with van der Waals surface area (Å²) < 4.78 is 9.76. The fourth-order valence-electron chi connectivity index (χ4n) is 2.24. The van der Waals surface area contributed by atoms with Gasteiger partial charge in [0, 0.05) is 30.5 Å². The van der Waals surface area contributed by atoms with Gasteiger partial charge in [-0.3, -0.25) is 19.2 Å². The number of methoxy groups -OCH3 is 2. The Balaban J connectivity index is 0.000000807. The zero-order valence-corrected chi connectivity index (χ0v) is 18.6. The number of nitrogens with two attached hydrogens (primary N) is 1. The quantitative estimate of drug-likeness (QED) is 0.186. The second-order valence-corrected chi connectivity index (χ2v) is 6.50. The maximum Gasteiger partial charge on any atom is 0.240 e. The monoisotopic (exact) mass is 490 g/mol. The highest BCUT2D eigenvalue weighted by Gasteiger charge is 2.07. The molecule has 0 saturated heterocycles. The minimum atomic E-state index is -0.660. The Hall–Kier alpha value is -4.61. The van der Waals surface area contributed by atoms with E-state index in [1.165, 1.54) is 38.6 Å². The first-order chi connectivity index (χ1) is 16.2. The number of primary amides is 1. The van der Waals surface area contributed by atoms with Crippen molar-refractivity contribution in [3.63, 3.8) is 0 Å². The van der Waals surface area contributed by atoms with Gasteiger partial charge < -0.3 is 30.7 Å². The van der Waals surface area contributed by atoms with Crippen molar-refractivity contribution in [3.8, 4) is 23.0 Å². The van der Waals surface area contributed by atoms with E-state index in [-0.39, 0.29) is 43.9 Å². The van der Waals surface area contributed by atoms with E-state index in [4.69, 9.17) is 20.3 Å². The molecule has 0 heterocycles. The summed E-state index contributed by atoms with van der Waals surface area (Å²) in [6.45, 7) is -0.269. The molecule has 0 aliphatic rings. The first-order valence-electron chi connectivity index (χ1n) is 9.76. The van der Waals surface area contributed by atoms with Crippen molar-refractivity contribution in [2.75, 3.05) is 20.8 Å². The lowest BCUT2D eigenvalue weighted by atomic mass is 10.2. The van der Waals surface area contributed by atoms with Gasteiger partial charge in [-0.25, -0.2) is 5.43 Å². The average Bonchev–Trinajstić information content (AvgIpc) is 2.82. The molecular weight excluding hydrogens is 460 g/mol. The number of ether oxygens (including phenoxy) is 2. The molecule has 6 N–H and O–H groups in total. The number of benzene rings is 2. The molecule has 12 heteroatoms. The number of hydrogen-bond acceptors (Lipinski definition) is 9. The summed E-state index contributed by atoms with van der Waals surface area (Å²) in [6, 6.07) is 9.12. The number of carbonyl (C=O) groups excluding carboxylic acids is 4. The van der Waals surface area contributed by atoms with Gasteiger partial charge in [0.1, 0.15) is 23.0 Å². The summed E-state index contributed by atoms with van der Waals surface area (Å²) in [5.74, 6) is -0.683. The van der Waals surface area contributed by atoms with Gasteiger partial charge in [0.05, 0.1) is 32.5 Å². The zero-order valence-electron chi connectivity index (χ0n) is 18.6. The Morgan fingerprint density at radius 1 is 0.943 bits per heavy atom. The van der Waals surface area contributed by atoms with Crippen molar-refractivity contribution in [1.29, 1.82) is 0 Å². The molecule has 35 heavy (non-hydrogen) atoms. The number of nitrogens with zero attached hydrogens (tertiary/aromatic N) is 1. The number of aromatic hydroxyl groups is 2. The fraction of sp³-hybridized carbons (Fsp3) is 0.261. The normalized spacial score (nSPS) is 9.66. The second kappa shape index (κ2) is 16.1. The molecule has 190 valence electrons. The van der Waals surface area contributed by atoms with E-state index in [9.17, 15) is 24.3 Å². The number of rotatable bonds is 10. The minimum Gasteiger partial charge on any atom is -0.507 e. The molecule has 0 spiro atoms. The molecular formula is C23H30N4O8. The Bertz CT molecular complexity index is 1040. The van der Waals surface area contributed by atoms with Gasteiger partial charge in [0.25, 0.3) is 0 Å². The van der Waals surface area contributed by atoms with Crippen LogP contribution in [0.1, 0.15) is 36.2 Å². The molecule has 2 rings (SSSR count). The van der Waals surface area contributed by atoms with Crippen LogP contribution in [0, 0.1) is 0 Å². The van der Waals surface area contributed by atoms with Crippen LogP contribution in [-0.2, 0) is 14.4 Å². The van der Waals surface area contributed by atoms with Crippen molar-refractivity contribution < 1.29 is 38.9 Å². The standard InChI is InChI=1S/C14H18N4O5.C8H8O3.CH4/c1-23-10-3-2-9(11(19)6-10)7-17-18-14(22)5-4-13(21)16-8-12(15)20;1-11-7-3-2-6(5-9)8(10)4-7;/h2-3,6-7,19H,4-5,8H2,1H3,(H2,15,20)(H,16,21)(H,18,22);2-5,10H,1H3;1H4/b17-7+;;. The summed E-state index contributed by atoms with van der Waals surface area (Å²) in [6.07, 6.45) is 1.66. The summed E-state index contributed by atoms with van der Waals surface area (Å²) in [5.41, 5.74) is 7.75. The van der Waals surface area contributed by atoms with Crippen molar-refractivity contribution in [2.45, 2.75) is 20.3 Å². The highest BCUT2D eigenvalue weighted by molar-refractivity contribution is 5.88. The number of phenolic OH excluding ortho intramolecular Hbond substituents is 2. The van der Waals surface area contributed by atoms with E-state index in [2.05, 4.69) is 15.8 Å². The molecule has 0 fully saturated rings. The molecule has 0 aliphatic heterocycles. The molecule has 0 radical (unpaired) electrons. The lowest BCUT2D eigenvalue weighted by Crippen LogP contribution is -2.33. The number of aldehydes is 1. The Morgan fingerprint density at radius 3 is 1.91 bits per heavy atom. The van der Waals surface area contributed by atoms with E-state index in [0.29, 0.717) is 23.3 Å². The van der Waals surface area contributed by atoms with Crippen molar-refractivity contribution >= 4 is 30.2 Å². The van der Waals surface area contributed by atoms with Gasteiger partial charge in [-0.15, -0.1) is 0 Å². The van der Waals surface area contributed by atoms with E-state index < -0.39 is 17.7 Å². The zero-order chi connectivity index (χ0) is 25.5. The predicted octanol–water partition coefficient (Wildman–Crippen LogP) is 1.08. The maximum atomic E-state index is 11.5. The average molecular weight is 491 g/mol. The molecule has 0 unspecified atom stereocenters. The number of hydrazone groups is 1. The maximum absolute atomic E-state index is 11.5. The smallest absolute Gasteiger partial charge is 0.240 e. The summed E-state index contributed by atoms with van der Waals surface area (Å²) >= 11 is 0. The van der Waals surface area contributed by atoms with Gasteiger partial charge in [0.15, 0.2) is 6.29 Å². The van der Waals surface area contributed by atoms with Gasteiger partial charge in [-0.05, 0) is 24.3 Å². The Labute approximate surface area is 202 Å². The van der Waals surface area contributed by atoms with Crippen LogP contribution in [0.25, 0.3) is 0 Å². The molecule has 3 amide bonds. The van der Waals surface area contributed by atoms with E-state index >= 15 is 0 Å². The van der Waals surface area contributed by atoms with Crippen LogP contribution < -0.4 is 25.9 Å². The number of amides is 3. The Morgan fingerprint density at radius 2 is 1.46 bits per heavy atom. The highest BCUT2D eigenvalue weighted by Crippen LogP contribution is 2.22. The lowest BCUT2D eigenvalue weighted by molar-refractivity contribution is -0.127. The highest BCUT2D eigenvalue weighted by atomic mass is 16.5. The predicted molar refractivity (Wildman–Crippen MR) is 129 cm³/mol. The van der Waals surface area contributed by atoms with Gasteiger partial charge in [0.2, 0.25) is 17.7 Å². The number of hydrogen-bond donors (Lipinski definition) is 5. The minimum absolute atomic E-state index is 0.